The molecule has 1 heterocycles. The molecule has 6 nitrogen and oxygen atoms in total. The van der Waals surface area contributed by atoms with Gasteiger partial charge < -0.3 is 10.6 Å². The van der Waals surface area contributed by atoms with Crippen molar-refractivity contribution in [1.29, 1.82) is 0 Å². The van der Waals surface area contributed by atoms with E-state index in [1.54, 1.807) is 18.0 Å². The molecule has 0 aliphatic rings. The van der Waals surface area contributed by atoms with Gasteiger partial charge in [-0.25, -0.2) is 4.98 Å². The Hall–Kier alpha value is -3.51. The van der Waals surface area contributed by atoms with Gasteiger partial charge in [-0.05, 0) is 62.7 Å². The van der Waals surface area contributed by atoms with E-state index in [-0.39, 0.29) is 18.4 Å². The summed E-state index contributed by atoms with van der Waals surface area (Å²) >= 11 is 0. The van der Waals surface area contributed by atoms with Crippen LogP contribution in [0.15, 0.2) is 66.7 Å². The Balaban J connectivity index is 1.79. The molecule has 31 heavy (non-hydrogen) atoms. The van der Waals surface area contributed by atoms with Crippen LogP contribution in [0.4, 0.5) is 11.5 Å². The Kier molecular flexibility index (Phi) is 7.15. The topological polar surface area (TPSA) is 74.3 Å². The predicted octanol–water partition coefficient (Wildman–Crippen LogP) is 4.26. The first-order valence-electron chi connectivity index (χ1n) is 10.2. The third-order valence-corrected chi connectivity index (χ3v) is 5.00. The van der Waals surface area contributed by atoms with Crippen LogP contribution < -0.4 is 10.6 Å². The molecule has 0 saturated heterocycles. The summed E-state index contributed by atoms with van der Waals surface area (Å²) < 4.78 is 0. The number of amides is 2. The van der Waals surface area contributed by atoms with Crippen molar-refractivity contribution < 1.29 is 9.59 Å². The van der Waals surface area contributed by atoms with Gasteiger partial charge in [-0.3, -0.25) is 14.5 Å². The summed E-state index contributed by atoms with van der Waals surface area (Å²) in [5, 5.41) is 5.84. The van der Waals surface area contributed by atoms with Crippen molar-refractivity contribution in [1.82, 2.24) is 9.88 Å². The number of pyridine rings is 1. The summed E-state index contributed by atoms with van der Waals surface area (Å²) in [5.41, 5.74) is 4.45. The van der Waals surface area contributed by atoms with Gasteiger partial charge >= 0.3 is 0 Å². The second-order valence-corrected chi connectivity index (χ2v) is 7.75. The van der Waals surface area contributed by atoms with Crippen LogP contribution in [0.1, 0.15) is 28.4 Å². The Morgan fingerprint density at radius 2 is 1.68 bits per heavy atom. The van der Waals surface area contributed by atoms with Crippen molar-refractivity contribution >= 4 is 23.3 Å². The third-order valence-electron chi connectivity index (χ3n) is 5.00. The van der Waals surface area contributed by atoms with Gasteiger partial charge in [0, 0.05) is 11.4 Å². The molecule has 0 aliphatic heterocycles. The largest absolute Gasteiger partial charge is 0.324 e. The first kappa shape index (κ1) is 22.2. The molecule has 0 fully saturated rings. The fourth-order valence-electron chi connectivity index (χ4n) is 3.43. The first-order chi connectivity index (χ1) is 14.8. The molecule has 6 heteroatoms. The molecule has 2 N–H and O–H groups in total. The number of likely N-dealkylation sites (N-methyl/N-ethyl adjacent to an activating group) is 1. The lowest BCUT2D eigenvalue weighted by Gasteiger charge is -2.27. The number of hydrogen-bond acceptors (Lipinski definition) is 4. The standard InChI is InChI=1S/C25H28N4O2/c1-17-13-14-18(2)21(15-17)27-25(31)24(20-10-6-5-7-11-20)29(4)16-23(30)28-22-12-8-9-19(3)26-22/h5-15,24H,16H2,1-4H3,(H,27,31)(H,26,28,30). The van der Waals surface area contributed by atoms with Gasteiger partial charge in [-0.1, -0.05) is 48.5 Å². The highest BCUT2D eigenvalue weighted by molar-refractivity contribution is 5.97. The van der Waals surface area contributed by atoms with Crippen LogP contribution in [0.2, 0.25) is 0 Å². The molecule has 0 saturated carbocycles. The molecule has 0 aliphatic carbocycles. The number of hydrogen-bond donors (Lipinski definition) is 2. The van der Waals surface area contributed by atoms with E-state index in [0.29, 0.717) is 5.82 Å². The lowest BCUT2D eigenvalue weighted by molar-refractivity contribution is -0.123. The number of benzene rings is 2. The van der Waals surface area contributed by atoms with Gasteiger partial charge in [-0.15, -0.1) is 0 Å². The van der Waals surface area contributed by atoms with E-state index >= 15 is 0 Å². The third kappa shape index (κ3) is 5.99. The number of anilines is 2. The number of aromatic nitrogens is 1. The predicted molar refractivity (Wildman–Crippen MR) is 124 cm³/mol. The number of carbonyl (C=O) groups excluding carboxylic acids is 2. The Bertz CT molecular complexity index is 1070. The van der Waals surface area contributed by atoms with Gasteiger partial charge in [0.2, 0.25) is 11.8 Å². The highest BCUT2D eigenvalue weighted by atomic mass is 16.2. The number of nitrogens with one attached hydrogen (secondary N) is 2. The van der Waals surface area contributed by atoms with Crippen LogP contribution in [0, 0.1) is 20.8 Å². The quantitative estimate of drug-likeness (QED) is 0.604. The minimum atomic E-state index is -0.627. The summed E-state index contributed by atoms with van der Waals surface area (Å²) in [7, 11) is 1.77. The summed E-state index contributed by atoms with van der Waals surface area (Å²) in [6.45, 7) is 5.85. The van der Waals surface area contributed by atoms with Crippen molar-refractivity contribution in [3.05, 3.63) is 89.1 Å². The van der Waals surface area contributed by atoms with Crippen LogP contribution in [0.3, 0.4) is 0 Å². The van der Waals surface area contributed by atoms with E-state index in [9.17, 15) is 9.59 Å². The molecule has 0 spiro atoms. The van der Waals surface area contributed by atoms with Crippen LogP contribution in [0.5, 0.6) is 0 Å². The first-order valence-corrected chi connectivity index (χ1v) is 10.2. The van der Waals surface area contributed by atoms with E-state index in [1.807, 2.05) is 81.4 Å². The zero-order chi connectivity index (χ0) is 22.4. The van der Waals surface area contributed by atoms with Crippen LogP contribution >= 0.6 is 0 Å². The van der Waals surface area contributed by atoms with Crippen LogP contribution in [-0.2, 0) is 9.59 Å². The monoisotopic (exact) mass is 416 g/mol. The smallest absolute Gasteiger partial charge is 0.246 e. The highest BCUT2D eigenvalue weighted by Gasteiger charge is 2.27. The number of aryl methyl sites for hydroxylation is 3. The van der Waals surface area contributed by atoms with Gasteiger partial charge in [0.1, 0.15) is 11.9 Å². The lowest BCUT2D eigenvalue weighted by Crippen LogP contribution is -2.39. The molecule has 0 bridgehead atoms. The van der Waals surface area contributed by atoms with Gasteiger partial charge in [0.25, 0.3) is 0 Å². The van der Waals surface area contributed by atoms with Crippen LogP contribution in [0.25, 0.3) is 0 Å². The van der Waals surface area contributed by atoms with E-state index in [4.69, 9.17) is 0 Å². The van der Waals surface area contributed by atoms with Gasteiger partial charge in [0.05, 0.1) is 6.54 Å². The molecule has 2 amide bonds. The zero-order valence-electron chi connectivity index (χ0n) is 18.3. The molecule has 160 valence electrons. The molecule has 1 aromatic heterocycles. The molecule has 1 atom stereocenters. The van der Waals surface area contributed by atoms with Gasteiger partial charge in [0.15, 0.2) is 0 Å². The fourth-order valence-corrected chi connectivity index (χ4v) is 3.43. The summed E-state index contributed by atoms with van der Waals surface area (Å²) in [6.07, 6.45) is 0. The fraction of sp³-hybridized carbons (Fsp3) is 0.240. The number of rotatable bonds is 7. The maximum absolute atomic E-state index is 13.3. The van der Waals surface area contributed by atoms with E-state index in [1.165, 1.54) is 0 Å². The Labute approximate surface area is 183 Å². The SMILES string of the molecule is Cc1ccc(C)c(NC(=O)C(c2ccccc2)N(C)CC(=O)Nc2cccc(C)n2)c1. The average Bonchev–Trinajstić information content (AvgIpc) is 2.71. The van der Waals surface area contributed by atoms with Crippen molar-refractivity contribution in [3.63, 3.8) is 0 Å². The Morgan fingerprint density at radius 3 is 2.39 bits per heavy atom. The summed E-state index contributed by atoms with van der Waals surface area (Å²) in [4.78, 5) is 32.0. The number of carbonyl (C=O) groups is 2. The second kappa shape index (κ2) is 10.00. The molecule has 0 radical (unpaired) electrons. The lowest BCUT2D eigenvalue weighted by atomic mass is 10.0. The summed E-state index contributed by atoms with van der Waals surface area (Å²) in [5.74, 6) is 0.0689. The average molecular weight is 417 g/mol. The molecular formula is C25H28N4O2. The molecule has 3 aromatic rings. The normalized spacial score (nSPS) is 11.8. The minimum Gasteiger partial charge on any atom is -0.324 e. The molecule has 3 rings (SSSR count). The second-order valence-electron chi connectivity index (χ2n) is 7.75. The summed E-state index contributed by atoms with van der Waals surface area (Å²) in [6, 6.07) is 20.2. The van der Waals surface area contributed by atoms with Crippen molar-refractivity contribution in [2.24, 2.45) is 0 Å². The minimum absolute atomic E-state index is 0.0371. The highest BCUT2D eigenvalue weighted by Crippen LogP contribution is 2.24. The number of nitrogens with zero attached hydrogens (tertiary/aromatic N) is 2. The maximum Gasteiger partial charge on any atom is 0.246 e. The Morgan fingerprint density at radius 1 is 0.935 bits per heavy atom. The molecular weight excluding hydrogens is 388 g/mol. The van der Waals surface area contributed by atoms with Crippen molar-refractivity contribution in [3.8, 4) is 0 Å². The van der Waals surface area contributed by atoms with Crippen molar-refractivity contribution in [2.75, 3.05) is 24.2 Å². The van der Waals surface area contributed by atoms with E-state index < -0.39 is 6.04 Å². The zero-order valence-corrected chi connectivity index (χ0v) is 18.3. The van der Waals surface area contributed by atoms with Gasteiger partial charge in [-0.2, -0.15) is 0 Å². The molecule has 1 unspecified atom stereocenters. The van der Waals surface area contributed by atoms with Crippen molar-refractivity contribution in [2.45, 2.75) is 26.8 Å². The van der Waals surface area contributed by atoms with Crippen LogP contribution in [-0.4, -0.2) is 35.3 Å². The molecule has 2 aromatic carbocycles. The van der Waals surface area contributed by atoms with E-state index in [2.05, 4.69) is 15.6 Å². The van der Waals surface area contributed by atoms with E-state index in [0.717, 1.165) is 28.1 Å². The maximum atomic E-state index is 13.3.